The Morgan fingerprint density at radius 3 is 2.31 bits per heavy atom. The highest BCUT2D eigenvalue weighted by Gasteiger charge is 2.18. The van der Waals surface area contributed by atoms with Gasteiger partial charge in [0.25, 0.3) is 5.91 Å². The molecule has 0 spiro atoms. The van der Waals surface area contributed by atoms with Gasteiger partial charge < -0.3 is 5.32 Å². The molecule has 0 saturated carbocycles. The lowest BCUT2D eigenvalue weighted by Gasteiger charge is -2.08. The molecule has 0 aliphatic heterocycles. The van der Waals surface area contributed by atoms with Gasteiger partial charge in [0.1, 0.15) is 0 Å². The molecule has 1 amide bonds. The van der Waals surface area contributed by atoms with E-state index in [1.54, 1.807) is 0 Å². The summed E-state index contributed by atoms with van der Waals surface area (Å²) in [6, 6.07) is 19.6. The highest BCUT2D eigenvalue weighted by molar-refractivity contribution is 7.89. The van der Waals surface area contributed by atoms with Crippen molar-refractivity contribution in [2.24, 2.45) is 5.14 Å². The minimum Gasteiger partial charge on any atom is -0.322 e. The summed E-state index contributed by atoms with van der Waals surface area (Å²) in [5, 5.41) is 7.93. The van der Waals surface area contributed by atoms with Gasteiger partial charge in [-0.1, -0.05) is 30.3 Å². The summed E-state index contributed by atoms with van der Waals surface area (Å²) >= 11 is 0. The number of benzene rings is 3. The molecule has 3 N–H and O–H groups in total. The van der Waals surface area contributed by atoms with Crippen molar-refractivity contribution >= 4 is 21.6 Å². The number of nitrogens with one attached hydrogen (secondary N) is 1. The van der Waals surface area contributed by atoms with Crippen LogP contribution in [0.3, 0.4) is 0 Å². The minimum atomic E-state index is -3.77. The summed E-state index contributed by atoms with van der Waals surface area (Å²) in [5.74, 6) is -0.308. The Kier molecular flexibility index (Phi) is 3.86. The second kappa shape index (κ2) is 6.09. The van der Waals surface area contributed by atoms with Crippen LogP contribution in [0.15, 0.2) is 71.6 Å². The van der Waals surface area contributed by atoms with Crippen molar-refractivity contribution in [3.63, 3.8) is 0 Å². The number of anilines is 1. The van der Waals surface area contributed by atoms with E-state index in [4.69, 9.17) is 5.14 Å². The number of nitrogens with two attached hydrogens (primary N) is 1. The summed E-state index contributed by atoms with van der Waals surface area (Å²) in [4.78, 5) is 12.4. The van der Waals surface area contributed by atoms with E-state index in [1.165, 1.54) is 41.0 Å². The SMILES string of the molecule is NS(=O)(=O)c1ccc(C(=O)Nc2ccc3c(c2)-c2ccccc2C3)cc1. The largest absolute Gasteiger partial charge is 0.322 e. The number of carbonyl (C=O) groups is 1. The standard InChI is InChI=1S/C20H16N2O3S/c21-26(24,25)17-9-6-13(7-10-17)20(23)22-16-8-5-15-11-14-3-1-2-4-18(14)19(15)12-16/h1-10,12H,11H2,(H,22,23)(H2,21,24,25). The zero-order chi connectivity index (χ0) is 18.3. The van der Waals surface area contributed by atoms with Gasteiger partial charge in [0.05, 0.1) is 4.90 Å². The average molecular weight is 364 g/mol. The highest BCUT2D eigenvalue weighted by atomic mass is 32.2. The van der Waals surface area contributed by atoms with Crippen LogP contribution in [0.1, 0.15) is 21.5 Å². The molecule has 0 atom stereocenters. The molecule has 130 valence electrons. The third-order valence-corrected chi connectivity index (χ3v) is 5.43. The van der Waals surface area contributed by atoms with Crippen molar-refractivity contribution in [2.45, 2.75) is 11.3 Å². The lowest BCUT2D eigenvalue weighted by atomic mass is 10.1. The van der Waals surface area contributed by atoms with E-state index >= 15 is 0 Å². The fraction of sp³-hybridized carbons (Fsp3) is 0.0500. The molecule has 26 heavy (non-hydrogen) atoms. The quantitative estimate of drug-likeness (QED) is 0.585. The fourth-order valence-electron chi connectivity index (χ4n) is 3.20. The van der Waals surface area contributed by atoms with Gasteiger partial charge in [0, 0.05) is 11.3 Å². The normalized spacial score (nSPS) is 12.3. The first-order chi connectivity index (χ1) is 12.4. The van der Waals surface area contributed by atoms with Gasteiger partial charge in [0.15, 0.2) is 0 Å². The summed E-state index contributed by atoms with van der Waals surface area (Å²) < 4.78 is 22.6. The monoisotopic (exact) mass is 364 g/mol. The molecule has 6 heteroatoms. The van der Waals surface area contributed by atoms with Crippen LogP contribution in [-0.4, -0.2) is 14.3 Å². The third kappa shape index (κ3) is 3.00. The first-order valence-corrected chi connectivity index (χ1v) is 9.62. The van der Waals surface area contributed by atoms with Crippen molar-refractivity contribution in [1.82, 2.24) is 0 Å². The molecule has 0 fully saturated rings. The van der Waals surface area contributed by atoms with Gasteiger partial charge in [-0.05, 0) is 65.1 Å². The number of rotatable bonds is 3. The maximum atomic E-state index is 12.4. The number of amides is 1. The highest BCUT2D eigenvalue weighted by Crippen LogP contribution is 2.37. The number of carbonyl (C=O) groups excluding carboxylic acids is 1. The molecule has 4 rings (SSSR count). The Morgan fingerprint density at radius 1 is 0.885 bits per heavy atom. The first-order valence-electron chi connectivity index (χ1n) is 8.07. The fourth-order valence-corrected chi connectivity index (χ4v) is 3.72. The molecular formula is C20H16N2O3S. The predicted octanol–water partition coefficient (Wildman–Crippen LogP) is 3.16. The van der Waals surface area contributed by atoms with Gasteiger partial charge in [-0.2, -0.15) is 0 Å². The summed E-state index contributed by atoms with van der Waals surface area (Å²) in [6.45, 7) is 0. The van der Waals surface area contributed by atoms with Crippen LogP contribution in [0.4, 0.5) is 5.69 Å². The van der Waals surface area contributed by atoms with E-state index < -0.39 is 10.0 Å². The van der Waals surface area contributed by atoms with Crippen LogP contribution in [0.25, 0.3) is 11.1 Å². The predicted molar refractivity (Wildman–Crippen MR) is 100 cm³/mol. The molecule has 0 heterocycles. The molecule has 0 bridgehead atoms. The Balaban J connectivity index is 1.58. The van der Waals surface area contributed by atoms with Crippen LogP contribution >= 0.6 is 0 Å². The van der Waals surface area contributed by atoms with E-state index in [-0.39, 0.29) is 10.8 Å². The van der Waals surface area contributed by atoms with Crippen molar-refractivity contribution in [1.29, 1.82) is 0 Å². The second-order valence-corrected chi connectivity index (χ2v) is 7.79. The maximum Gasteiger partial charge on any atom is 0.255 e. The number of sulfonamides is 1. The van der Waals surface area contributed by atoms with Gasteiger partial charge in [-0.15, -0.1) is 0 Å². The number of fused-ring (bicyclic) bond motifs is 3. The Hall–Kier alpha value is -2.96. The first kappa shape index (κ1) is 16.5. The Morgan fingerprint density at radius 2 is 1.58 bits per heavy atom. The number of hydrogen-bond donors (Lipinski definition) is 2. The Bertz CT molecular complexity index is 1120. The summed E-state index contributed by atoms with van der Waals surface area (Å²) in [6.07, 6.45) is 0.898. The molecule has 0 radical (unpaired) electrons. The smallest absolute Gasteiger partial charge is 0.255 e. The third-order valence-electron chi connectivity index (χ3n) is 4.50. The van der Waals surface area contributed by atoms with E-state index in [1.807, 2.05) is 30.3 Å². The van der Waals surface area contributed by atoms with Crippen LogP contribution in [0, 0.1) is 0 Å². The van der Waals surface area contributed by atoms with E-state index in [0.717, 1.165) is 12.0 Å². The van der Waals surface area contributed by atoms with Crippen molar-refractivity contribution in [3.05, 3.63) is 83.4 Å². The molecule has 0 saturated heterocycles. The maximum absolute atomic E-state index is 12.4. The topological polar surface area (TPSA) is 89.3 Å². The van der Waals surface area contributed by atoms with Crippen LogP contribution in [-0.2, 0) is 16.4 Å². The number of primary sulfonamides is 1. The molecule has 1 aliphatic carbocycles. The van der Waals surface area contributed by atoms with Gasteiger partial charge in [-0.3, -0.25) is 4.79 Å². The van der Waals surface area contributed by atoms with Crippen LogP contribution < -0.4 is 10.5 Å². The molecule has 0 unspecified atom stereocenters. The Labute approximate surface area is 151 Å². The molecule has 5 nitrogen and oxygen atoms in total. The van der Waals surface area contributed by atoms with E-state index in [0.29, 0.717) is 11.3 Å². The van der Waals surface area contributed by atoms with Crippen LogP contribution in [0.2, 0.25) is 0 Å². The zero-order valence-corrected chi connectivity index (χ0v) is 14.6. The van der Waals surface area contributed by atoms with Gasteiger partial charge in [-0.25, -0.2) is 13.6 Å². The van der Waals surface area contributed by atoms with E-state index in [2.05, 4.69) is 17.4 Å². The van der Waals surface area contributed by atoms with Crippen molar-refractivity contribution < 1.29 is 13.2 Å². The zero-order valence-electron chi connectivity index (χ0n) is 13.8. The van der Waals surface area contributed by atoms with Crippen molar-refractivity contribution in [3.8, 4) is 11.1 Å². The average Bonchev–Trinajstić information content (AvgIpc) is 2.99. The van der Waals surface area contributed by atoms with Crippen molar-refractivity contribution in [2.75, 3.05) is 5.32 Å². The molecular weight excluding hydrogens is 348 g/mol. The van der Waals surface area contributed by atoms with Crippen LogP contribution in [0.5, 0.6) is 0 Å². The lowest BCUT2D eigenvalue weighted by molar-refractivity contribution is 0.102. The minimum absolute atomic E-state index is 0.0248. The van der Waals surface area contributed by atoms with Gasteiger partial charge >= 0.3 is 0 Å². The summed E-state index contributed by atoms with van der Waals surface area (Å²) in [7, 11) is -3.77. The second-order valence-electron chi connectivity index (χ2n) is 6.23. The molecule has 3 aromatic carbocycles. The number of hydrogen-bond acceptors (Lipinski definition) is 3. The molecule has 1 aliphatic rings. The molecule has 3 aromatic rings. The molecule has 0 aromatic heterocycles. The lowest BCUT2D eigenvalue weighted by Crippen LogP contribution is -2.14. The summed E-state index contributed by atoms with van der Waals surface area (Å²) in [5.41, 5.74) is 5.89. The van der Waals surface area contributed by atoms with Gasteiger partial charge in [0.2, 0.25) is 10.0 Å². The van der Waals surface area contributed by atoms with E-state index in [9.17, 15) is 13.2 Å².